The molecule has 20 heavy (non-hydrogen) atoms. The highest BCUT2D eigenvalue weighted by molar-refractivity contribution is 5.56. The van der Waals surface area contributed by atoms with Crippen molar-refractivity contribution >= 4 is 11.6 Å². The third-order valence-electron chi connectivity index (χ3n) is 4.14. The van der Waals surface area contributed by atoms with Crippen molar-refractivity contribution in [3.63, 3.8) is 0 Å². The maximum atomic E-state index is 10.7. The Morgan fingerprint density at radius 3 is 2.90 bits per heavy atom. The molecule has 2 atom stereocenters. The van der Waals surface area contributed by atoms with E-state index in [1.165, 1.54) is 12.7 Å². The van der Waals surface area contributed by atoms with Gasteiger partial charge in [-0.05, 0) is 24.7 Å². The summed E-state index contributed by atoms with van der Waals surface area (Å²) in [5.74, 6) is 2.09. The Morgan fingerprint density at radius 2 is 2.25 bits per heavy atom. The summed E-state index contributed by atoms with van der Waals surface area (Å²) in [5, 5.41) is 13.9. The molecule has 1 saturated carbocycles. The molecule has 1 aliphatic carbocycles. The smallest absolute Gasteiger partial charge is 0.135 e. The normalized spacial score (nSPS) is 26.8. The van der Waals surface area contributed by atoms with Crippen LogP contribution in [0.4, 0.5) is 11.6 Å². The number of hydrogen-bond acceptors (Lipinski definition) is 5. The molecule has 5 nitrogen and oxygen atoms in total. The molecule has 1 aromatic heterocycles. The minimum Gasteiger partial charge on any atom is -0.388 e. The molecule has 4 N–H and O–H groups in total. The molecule has 0 radical (unpaired) electrons. The monoisotopic (exact) mass is 278 g/mol. The lowest BCUT2D eigenvalue weighted by Crippen LogP contribution is -2.41. The third kappa shape index (κ3) is 3.39. The summed E-state index contributed by atoms with van der Waals surface area (Å²) >= 11 is 0. The number of anilines is 2. The predicted molar refractivity (Wildman–Crippen MR) is 81.6 cm³/mol. The van der Waals surface area contributed by atoms with Gasteiger partial charge in [0.05, 0.1) is 5.60 Å². The quantitative estimate of drug-likeness (QED) is 0.788. The molecule has 5 heteroatoms. The first-order valence-electron chi connectivity index (χ1n) is 7.48. The predicted octanol–water partition coefficient (Wildman–Crippen LogP) is 2.54. The van der Waals surface area contributed by atoms with Crippen LogP contribution in [0.2, 0.25) is 0 Å². The number of aromatic nitrogens is 2. The van der Waals surface area contributed by atoms with Gasteiger partial charge in [-0.3, -0.25) is 0 Å². The summed E-state index contributed by atoms with van der Waals surface area (Å²) in [5.41, 5.74) is 6.23. The minimum atomic E-state index is -0.633. The molecular formula is C15H26N4O. The molecule has 1 aromatic rings. The Balaban J connectivity index is 2.09. The summed E-state index contributed by atoms with van der Waals surface area (Å²) in [6.07, 6.45) is 5.46. The lowest BCUT2D eigenvalue weighted by atomic mass is 9.79. The molecule has 2 rings (SSSR count). The second-order valence-corrected chi connectivity index (χ2v) is 6.46. The fourth-order valence-electron chi connectivity index (χ4n) is 3.16. The Labute approximate surface area is 121 Å². The first-order valence-corrected chi connectivity index (χ1v) is 7.48. The zero-order valence-electron chi connectivity index (χ0n) is 12.7. The molecule has 0 aliphatic heterocycles. The van der Waals surface area contributed by atoms with E-state index in [0.717, 1.165) is 30.6 Å². The number of hydrogen-bond donors (Lipinski definition) is 3. The molecule has 1 aliphatic rings. The van der Waals surface area contributed by atoms with Crippen LogP contribution >= 0.6 is 0 Å². The molecule has 0 spiro atoms. The maximum Gasteiger partial charge on any atom is 0.135 e. The van der Waals surface area contributed by atoms with E-state index in [4.69, 9.17) is 5.73 Å². The molecule has 0 aromatic carbocycles. The fourth-order valence-corrected chi connectivity index (χ4v) is 3.16. The van der Waals surface area contributed by atoms with Crippen molar-refractivity contribution in [3.05, 3.63) is 11.9 Å². The van der Waals surface area contributed by atoms with Crippen molar-refractivity contribution < 1.29 is 5.11 Å². The summed E-state index contributed by atoms with van der Waals surface area (Å²) in [7, 11) is 0. The lowest BCUT2D eigenvalue weighted by Gasteiger charge is -2.36. The largest absolute Gasteiger partial charge is 0.388 e. The Hall–Kier alpha value is -1.36. The average molecular weight is 278 g/mol. The number of nitrogens with one attached hydrogen (secondary N) is 1. The topological polar surface area (TPSA) is 84.1 Å². The molecule has 112 valence electrons. The van der Waals surface area contributed by atoms with Crippen LogP contribution < -0.4 is 11.1 Å². The van der Waals surface area contributed by atoms with E-state index in [9.17, 15) is 5.11 Å². The lowest BCUT2D eigenvalue weighted by molar-refractivity contribution is -0.000844. The number of rotatable bonds is 4. The van der Waals surface area contributed by atoms with Gasteiger partial charge in [0.2, 0.25) is 0 Å². The van der Waals surface area contributed by atoms with Crippen LogP contribution in [-0.4, -0.2) is 27.2 Å². The summed E-state index contributed by atoms with van der Waals surface area (Å²) in [6, 6.07) is 0. The SMILES string of the molecule is CC1CCCC(O)(CNc2ncnc(N)c2C(C)C)C1. The number of nitrogens with two attached hydrogens (primary N) is 1. The standard InChI is InChI=1S/C15H26N4O/c1-10(2)12-13(16)18-9-19-14(12)17-8-15(20)6-4-5-11(3)7-15/h9-11,20H,4-8H2,1-3H3,(H3,16,17,18,19). The van der Waals surface area contributed by atoms with Crippen molar-refractivity contribution in [2.45, 2.75) is 58.0 Å². The van der Waals surface area contributed by atoms with Crippen molar-refractivity contribution in [2.24, 2.45) is 5.92 Å². The zero-order chi connectivity index (χ0) is 14.8. The summed E-state index contributed by atoms with van der Waals surface area (Å²) in [4.78, 5) is 8.33. The van der Waals surface area contributed by atoms with Crippen molar-refractivity contribution in [2.75, 3.05) is 17.6 Å². The second-order valence-electron chi connectivity index (χ2n) is 6.46. The highest BCUT2D eigenvalue weighted by Gasteiger charge is 2.32. The van der Waals surface area contributed by atoms with Gasteiger partial charge in [-0.2, -0.15) is 0 Å². The van der Waals surface area contributed by atoms with E-state index in [1.54, 1.807) is 0 Å². The van der Waals surface area contributed by atoms with Crippen LogP contribution in [0.5, 0.6) is 0 Å². The Bertz CT molecular complexity index is 463. The van der Waals surface area contributed by atoms with Crippen LogP contribution in [-0.2, 0) is 0 Å². The summed E-state index contributed by atoms with van der Waals surface area (Å²) in [6.45, 7) is 6.86. The number of aliphatic hydroxyl groups is 1. The van der Waals surface area contributed by atoms with Gasteiger partial charge in [0, 0.05) is 12.1 Å². The van der Waals surface area contributed by atoms with Gasteiger partial charge in [-0.1, -0.05) is 33.6 Å². The fraction of sp³-hybridized carbons (Fsp3) is 0.733. The van der Waals surface area contributed by atoms with Gasteiger partial charge in [0.15, 0.2) is 0 Å². The molecule has 0 amide bonds. The van der Waals surface area contributed by atoms with Crippen LogP contribution in [0, 0.1) is 5.92 Å². The van der Waals surface area contributed by atoms with E-state index in [-0.39, 0.29) is 5.92 Å². The van der Waals surface area contributed by atoms with Crippen LogP contribution in [0.1, 0.15) is 57.9 Å². The molecule has 2 unspecified atom stereocenters. The van der Waals surface area contributed by atoms with Crippen molar-refractivity contribution in [1.82, 2.24) is 9.97 Å². The van der Waals surface area contributed by atoms with E-state index in [0.29, 0.717) is 18.3 Å². The van der Waals surface area contributed by atoms with Gasteiger partial charge in [0.25, 0.3) is 0 Å². The van der Waals surface area contributed by atoms with Crippen LogP contribution in [0.25, 0.3) is 0 Å². The first kappa shape index (κ1) is 15.0. The Morgan fingerprint density at radius 1 is 1.50 bits per heavy atom. The number of nitrogens with zero attached hydrogens (tertiary/aromatic N) is 2. The second kappa shape index (κ2) is 5.95. The van der Waals surface area contributed by atoms with Crippen molar-refractivity contribution in [1.29, 1.82) is 0 Å². The van der Waals surface area contributed by atoms with Crippen molar-refractivity contribution in [3.8, 4) is 0 Å². The van der Waals surface area contributed by atoms with Gasteiger partial charge >= 0.3 is 0 Å². The van der Waals surface area contributed by atoms with E-state index in [2.05, 4.69) is 36.1 Å². The minimum absolute atomic E-state index is 0.249. The highest BCUT2D eigenvalue weighted by atomic mass is 16.3. The highest BCUT2D eigenvalue weighted by Crippen LogP contribution is 2.33. The van der Waals surface area contributed by atoms with Crippen LogP contribution in [0.15, 0.2) is 6.33 Å². The molecule has 0 bridgehead atoms. The molecule has 1 heterocycles. The zero-order valence-corrected chi connectivity index (χ0v) is 12.7. The maximum absolute atomic E-state index is 10.7. The first-order chi connectivity index (χ1) is 9.41. The average Bonchev–Trinajstić information content (AvgIpc) is 2.35. The van der Waals surface area contributed by atoms with Gasteiger partial charge < -0.3 is 16.2 Å². The molecular weight excluding hydrogens is 252 g/mol. The van der Waals surface area contributed by atoms with Gasteiger partial charge in [0.1, 0.15) is 18.0 Å². The molecule has 1 fully saturated rings. The van der Waals surface area contributed by atoms with Gasteiger partial charge in [-0.25, -0.2) is 9.97 Å². The third-order valence-corrected chi connectivity index (χ3v) is 4.14. The Kier molecular flexibility index (Phi) is 4.48. The molecule has 0 saturated heterocycles. The van der Waals surface area contributed by atoms with Crippen LogP contribution in [0.3, 0.4) is 0 Å². The van der Waals surface area contributed by atoms with E-state index < -0.39 is 5.60 Å². The van der Waals surface area contributed by atoms with Gasteiger partial charge in [-0.15, -0.1) is 0 Å². The van der Waals surface area contributed by atoms with E-state index in [1.807, 2.05) is 0 Å². The van der Waals surface area contributed by atoms with E-state index >= 15 is 0 Å². The number of nitrogen functional groups attached to an aromatic ring is 1. The summed E-state index contributed by atoms with van der Waals surface area (Å²) < 4.78 is 0.